The summed E-state index contributed by atoms with van der Waals surface area (Å²) in [6.07, 6.45) is 1.62. The summed E-state index contributed by atoms with van der Waals surface area (Å²) >= 11 is 3.37. The Morgan fingerprint density at radius 3 is 2.28 bits per heavy atom. The normalized spacial score (nSPS) is 16.7. The van der Waals surface area contributed by atoms with Crippen LogP contribution in [0, 0.1) is 0 Å². The van der Waals surface area contributed by atoms with E-state index < -0.39 is 11.5 Å². The van der Waals surface area contributed by atoms with Crippen molar-refractivity contribution in [1.82, 2.24) is 5.32 Å². The molecular weight excluding hydrogens is 298 g/mol. The first-order chi connectivity index (χ1) is 8.62. The van der Waals surface area contributed by atoms with Crippen molar-refractivity contribution in [2.75, 3.05) is 13.2 Å². The Morgan fingerprint density at radius 1 is 1.28 bits per heavy atom. The van der Waals surface area contributed by atoms with Crippen LogP contribution in [0.15, 0.2) is 28.7 Å². The Labute approximate surface area is 114 Å². The fourth-order valence-electron chi connectivity index (χ4n) is 2.01. The van der Waals surface area contributed by atoms with Crippen LogP contribution in [-0.4, -0.2) is 35.4 Å². The summed E-state index contributed by atoms with van der Waals surface area (Å²) in [5, 5.41) is 20.7. The van der Waals surface area contributed by atoms with Crippen LogP contribution in [0.25, 0.3) is 0 Å². The standard InChI is InChI=1S/C13H16BrNO3/c14-10-3-1-9(2-4-10)13(5-6-13)12(18)15-11(7-16)8-17/h1-4,11,16-17H,5-8H2,(H,15,18). The molecule has 1 aromatic carbocycles. The molecule has 1 aliphatic rings. The Kier molecular flexibility index (Phi) is 4.04. The van der Waals surface area contributed by atoms with Crippen LogP contribution in [0.2, 0.25) is 0 Å². The third kappa shape index (κ3) is 2.58. The summed E-state index contributed by atoms with van der Waals surface area (Å²) in [7, 11) is 0. The van der Waals surface area contributed by atoms with Crippen LogP contribution in [0.1, 0.15) is 18.4 Å². The molecule has 0 aromatic heterocycles. The fourth-order valence-corrected chi connectivity index (χ4v) is 2.28. The zero-order chi connectivity index (χ0) is 13.2. The predicted octanol–water partition coefficient (Wildman–Crippen LogP) is 0.950. The van der Waals surface area contributed by atoms with Gasteiger partial charge in [-0.2, -0.15) is 0 Å². The topological polar surface area (TPSA) is 69.6 Å². The van der Waals surface area contributed by atoms with Crippen molar-refractivity contribution in [3.63, 3.8) is 0 Å². The molecule has 0 heterocycles. The van der Waals surface area contributed by atoms with Crippen LogP contribution < -0.4 is 5.32 Å². The monoisotopic (exact) mass is 313 g/mol. The maximum Gasteiger partial charge on any atom is 0.231 e. The lowest BCUT2D eigenvalue weighted by atomic mass is 9.95. The summed E-state index contributed by atoms with van der Waals surface area (Å²) in [4.78, 5) is 12.2. The molecule has 0 atom stereocenters. The van der Waals surface area contributed by atoms with Crippen molar-refractivity contribution in [1.29, 1.82) is 0 Å². The first-order valence-corrected chi connectivity index (χ1v) is 6.70. The van der Waals surface area contributed by atoms with Crippen molar-refractivity contribution in [3.05, 3.63) is 34.3 Å². The minimum absolute atomic E-state index is 0.113. The van der Waals surface area contributed by atoms with E-state index in [0.29, 0.717) is 0 Å². The van der Waals surface area contributed by atoms with Gasteiger partial charge in [0.15, 0.2) is 0 Å². The third-order valence-electron chi connectivity index (χ3n) is 3.36. The molecule has 1 amide bonds. The van der Waals surface area contributed by atoms with Gasteiger partial charge in [0.25, 0.3) is 0 Å². The molecule has 1 saturated carbocycles. The predicted molar refractivity (Wildman–Crippen MR) is 71.2 cm³/mol. The number of hydrogen-bond donors (Lipinski definition) is 3. The van der Waals surface area contributed by atoms with E-state index in [1.807, 2.05) is 24.3 Å². The molecular formula is C13H16BrNO3. The molecule has 0 aliphatic heterocycles. The Morgan fingerprint density at radius 2 is 1.83 bits per heavy atom. The van der Waals surface area contributed by atoms with E-state index in [-0.39, 0.29) is 19.1 Å². The van der Waals surface area contributed by atoms with Crippen LogP contribution in [0.4, 0.5) is 0 Å². The molecule has 0 spiro atoms. The first kappa shape index (κ1) is 13.5. The Hall–Kier alpha value is -0.910. The number of carbonyl (C=O) groups is 1. The van der Waals surface area contributed by atoms with Crippen LogP contribution in [-0.2, 0) is 10.2 Å². The lowest BCUT2D eigenvalue weighted by molar-refractivity contribution is -0.125. The zero-order valence-electron chi connectivity index (χ0n) is 9.90. The number of rotatable bonds is 5. The van der Waals surface area contributed by atoms with Crippen LogP contribution >= 0.6 is 15.9 Å². The molecule has 5 heteroatoms. The fraction of sp³-hybridized carbons (Fsp3) is 0.462. The van der Waals surface area contributed by atoms with E-state index in [4.69, 9.17) is 10.2 Å². The second-order valence-electron chi connectivity index (χ2n) is 4.62. The van der Waals surface area contributed by atoms with Gasteiger partial charge in [-0.3, -0.25) is 4.79 Å². The van der Waals surface area contributed by atoms with Gasteiger partial charge in [0.2, 0.25) is 5.91 Å². The highest BCUT2D eigenvalue weighted by atomic mass is 79.9. The average molecular weight is 314 g/mol. The second-order valence-corrected chi connectivity index (χ2v) is 5.54. The third-order valence-corrected chi connectivity index (χ3v) is 3.89. The van der Waals surface area contributed by atoms with Crippen molar-refractivity contribution < 1.29 is 15.0 Å². The van der Waals surface area contributed by atoms with Crippen molar-refractivity contribution in [2.45, 2.75) is 24.3 Å². The van der Waals surface area contributed by atoms with E-state index in [1.165, 1.54) is 0 Å². The van der Waals surface area contributed by atoms with E-state index in [2.05, 4.69) is 21.2 Å². The van der Waals surface area contributed by atoms with Crippen molar-refractivity contribution >= 4 is 21.8 Å². The van der Waals surface area contributed by atoms with Gasteiger partial charge in [-0.15, -0.1) is 0 Å². The minimum atomic E-state index is -0.578. The second kappa shape index (κ2) is 5.38. The number of hydrogen-bond acceptors (Lipinski definition) is 3. The summed E-state index contributed by atoms with van der Waals surface area (Å²) in [6.45, 7) is -0.503. The van der Waals surface area contributed by atoms with Gasteiger partial charge < -0.3 is 15.5 Å². The number of aliphatic hydroxyl groups is 2. The first-order valence-electron chi connectivity index (χ1n) is 5.91. The summed E-state index contributed by atoms with van der Waals surface area (Å²) < 4.78 is 0.978. The van der Waals surface area contributed by atoms with Gasteiger partial charge in [0.1, 0.15) is 0 Å². The molecule has 1 aliphatic carbocycles. The van der Waals surface area contributed by atoms with Gasteiger partial charge >= 0.3 is 0 Å². The van der Waals surface area contributed by atoms with E-state index in [9.17, 15) is 4.79 Å². The molecule has 1 aromatic rings. The molecule has 3 N–H and O–H groups in total. The summed E-state index contributed by atoms with van der Waals surface area (Å²) in [5.74, 6) is -0.113. The highest BCUT2D eigenvalue weighted by molar-refractivity contribution is 9.10. The maximum absolute atomic E-state index is 12.2. The SMILES string of the molecule is O=C(NC(CO)CO)C1(c2ccc(Br)cc2)CC1. The Bertz CT molecular complexity index is 424. The molecule has 18 heavy (non-hydrogen) atoms. The number of nitrogens with one attached hydrogen (secondary N) is 1. The summed E-state index contributed by atoms with van der Waals surface area (Å²) in [5.41, 5.74) is 0.515. The molecule has 0 unspecified atom stereocenters. The molecule has 0 bridgehead atoms. The quantitative estimate of drug-likeness (QED) is 0.758. The van der Waals surface area contributed by atoms with Gasteiger partial charge in [-0.05, 0) is 30.5 Å². The lowest BCUT2D eigenvalue weighted by Crippen LogP contribution is -2.45. The minimum Gasteiger partial charge on any atom is -0.394 e. The Balaban J connectivity index is 2.11. The molecule has 98 valence electrons. The number of halogens is 1. The highest BCUT2D eigenvalue weighted by Gasteiger charge is 2.51. The molecule has 1 fully saturated rings. The van der Waals surface area contributed by atoms with Crippen LogP contribution in [0.5, 0.6) is 0 Å². The molecule has 2 rings (SSSR count). The summed E-state index contributed by atoms with van der Waals surface area (Å²) in [6, 6.07) is 7.12. The number of amides is 1. The van der Waals surface area contributed by atoms with Crippen molar-refractivity contribution in [2.24, 2.45) is 0 Å². The highest BCUT2D eigenvalue weighted by Crippen LogP contribution is 2.48. The van der Waals surface area contributed by atoms with Gasteiger partial charge in [-0.1, -0.05) is 28.1 Å². The molecule has 4 nitrogen and oxygen atoms in total. The largest absolute Gasteiger partial charge is 0.394 e. The van der Waals surface area contributed by atoms with E-state index >= 15 is 0 Å². The van der Waals surface area contributed by atoms with Crippen molar-refractivity contribution in [3.8, 4) is 0 Å². The lowest BCUT2D eigenvalue weighted by Gasteiger charge is -2.20. The smallest absolute Gasteiger partial charge is 0.231 e. The zero-order valence-corrected chi connectivity index (χ0v) is 11.5. The van der Waals surface area contributed by atoms with Crippen LogP contribution in [0.3, 0.4) is 0 Å². The van der Waals surface area contributed by atoms with Gasteiger partial charge in [-0.25, -0.2) is 0 Å². The van der Waals surface area contributed by atoms with Gasteiger partial charge in [0, 0.05) is 4.47 Å². The average Bonchev–Trinajstić information content (AvgIpc) is 3.18. The van der Waals surface area contributed by atoms with E-state index in [1.54, 1.807) is 0 Å². The van der Waals surface area contributed by atoms with E-state index in [0.717, 1.165) is 22.9 Å². The molecule has 0 radical (unpaired) electrons. The van der Waals surface area contributed by atoms with Gasteiger partial charge in [0.05, 0.1) is 24.7 Å². The number of benzene rings is 1. The maximum atomic E-state index is 12.2. The number of carbonyl (C=O) groups excluding carboxylic acids is 1. The molecule has 0 saturated heterocycles. The number of aliphatic hydroxyl groups excluding tert-OH is 2.